The van der Waals surface area contributed by atoms with Crippen LogP contribution in [0.1, 0.15) is 17.1 Å². The average molecular weight is 322 g/mol. The van der Waals surface area contributed by atoms with Crippen LogP contribution in [0.5, 0.6) is 0 Å². The SMILES string of the molecule is Cc1ccc(CN(C)Cc2cccc(S(=O)(=O)N(C)C)c2)o1. The van der Waals surface area contributed by atoms with Gasteiger partial charge in [-0.1, -0.05) is 12.1 Å². The van der Waals surface area contributed by atoms with Gasteiger partial charge in [0.05, 0.1) is 11.4 Å². The van der Waals surface area contributed by atoms with E-state index in [0.29, 0.717) is 18.0 Å². The summed E-state index contributed by atoms with van der Waals surface area (Å²) in [5, 5.41) is 0. The Balaban J connectivity index is 2.10. The molecule has 0 amide bonds. The fourth-order valence-electron chi connectivity index (χ4n) is 2.22. The van der Waals surface area contributed by atoms with Crippen molar-refractivity contribution in [1.29, 1.82) is 0 Å². The summed E-state index contributed by atoms with van der Waals surface area (Å²) in [5.74, 6) is 1.79. The molecule has 2 rings (SSSR count). The van der Waals surface area contributed by atoms with Gasteiger partial charge in [-0.15, -0.1) is 0 Å². The summed E-state index contributed by atoms with van der Waals surface area (Å²) >= 11 is 0. The highest BCUT2D eigenvalue weighted by Crippen LogP contribution is 2.17. The first-order valence-corrected chi connectivity index (χ1v) is 8.48. The van der Waals surface area contributed by atoms with E-state index in [-0.39, 0.29) is 0 Å². The predicted molar refractivity (Wildman–Crippen MR) is 85.9 cm³/mol. The summed E-state index contributed by atoms with van der Waals surface area (Å²) in [6.45, 7) is 3.24. The van der Waals surface area contributed by atoms with Crippen molar-refractivity contribution in [2.24, 2.45) is 0 Å². The lowest BCUT2D eigenvalue weighted by Crippen LogP contribution is -2.22. The third kappa shape index (κ3) is 3.97. The summed E-state index contributed by atoms with van der Waals surface area (Å²) in [7, 11) is 1.65. The number of hydrogen-bond acceptors (Lipinski definition) is 4. The number of aryl methyl sites for hydroxylation is 1. The van der Waals surface area contributed by atoms with Crippen molar-refractivity contribution in [2.75, 3.05) is 21.1 Å². The van der Waals surface area contributed by atoms with Gasteiger partial charge >= 0.3 is 0 Å². The van der Waals surface area contributed by atoms with Crippen LogP contribution in [-0.2, 0) is 23.1 Å². The molecule has 0 atom stereocenters. The zero-order valence-electron chi connectivity index (χ0n) is 13.4. The molecule has 0 fully saturated rings. The third-order valence-electron chi connectivity index (χ3n) is 3.35. The molecule has 2 aromatic rings. The minimum Gasteiger partial charge on any atom is -0.465 e. The summed E-state index contributed by atoms with van der Waals surface area (Å²) in [5.41, 5.74) is 0.953. The Bertz CT molecular complexity index is 735. The van der Waals surface area contributed by atoms with Crippen LogP contribution in [0.25, 0.3) is 0 Å². The summed E-state index contributed by atoms with van der Waals surface area (Å²) < 4.78 is 31.1. The van der Waals surface area contributed by atoms with Crippen LogP contribution in [0.4, 0.5) is 0 Å². The minimum absolute atomic E-state index is 0.317. The van der Waals surface area contributed by atoms with Crippen LogP contribution in [-0.4, -0.2) is 38.8 Å². The molecule has 0 spiro atoms. The van der Waals surface area contributed by atoms with E-state index in [1.165, 1.54) is 18.4 Å². The molecule has 22 heavy (non-hydrogen) atoms. The quantitative estimate of drug-likeness (QED) is 0.820. The van der Waals surface area contributed by atoms with E-state index in [1.54, 1.807) is 18.2 Å². The molecular weight excluding hydrogens is 300 g/mol. The van der Waals surface area contributed by atoms with Gasteiger partial charge in [0.1, 0.15) is 11.5 Å². The standard InChI is InChI=1S/C16H22N2O3S/c1-13-8-9-15(21-13)12-18(4)11-14-6-5-7-16(10-14)22(19,20)17(2)3/h5-10H,11-12H2,1-4H3. The topological polar surface area (TPSA) is 53.8 Å². The second-order valence-electron chi connectivity index (χ2n) is 5.62. The van der Waals surface area contributed by atoms with Crippen molar-refractivity contribution < 1.29 is 12.8 Å². The molecule has 1 heterocycles. The van der Waals surface area contributed by atoms with Crippen molar-refractivity contribution in [1.82, 2.24) is 9.21 Å². The van der Waals surface area contributed by atoms with Crippen LogP contribution in [0.3, 0.4) is 0 Å². The van der Waals surface area contributed by atoms with E-state index >= 15 is 0 Å². The van der Waals surface area contributed by atoms with Gasteiger partial charge < -0.3 is 4.42 Å². The number of benzene rings is 1. The minimum atomic E-state index is -3.39. The Morgan fingerprint density at radius 1 is 1.05 bits per heavy atom. The van der Waals surface area contributed by atoms with Gasteiger partial charge in [-0.3, -0.25) is 4.90 Å². The highest BCUT2D eigenvalue weighted by molar-refractivity contribution is 7.89. The lowest BCUT2D eigenvalue weighted by atomic mass is 10.2. The van der Waals surface area contributed by atoms with Gasteiger partial charge in [0, 0.05) is 20.6 Å². The van der Waals surface area contributed by atoms with Gasteiger partial charge in [-0.25, -0.2) is 12.7 Å². The molecule has 0 N–H and O–H groups in total. The molecular formula is C16H22N2O3S. The molecule has 0 unspecified atom stereocenters. The first kappa shape index (κ1) is 16.7. The molecule has 0 aliphatic rings. The van der Waals surface area contributed by atoms with E-state index in [1.807, 2.05) is 32.2 Å². The maximum Gasteiger partial charge on any atom is 0.242 e. The van der Waals surface area contributed by atoms with Crippen LogP contribution >= 0.6 is 0 Å². The van der Waals surface area contributed by atoms with Gasteiger partial charge in [-0.2, -0.15) is 0 Å². The molecule has 0 aliphatic heterocycles. The average Bonchev–Trinajstić information content (AvgIpc) is 2.84. The lowest BCUT2D eigenvalue weighted by molar-refractivity contribution is 0.285. The number of hydrogen-bond donors (Lipinski definition) is 0. The van der Waals surface area contributed by atoms with Crippen molar-refractivity contribution in [3.05, 3.63) is 53.5 Å². The molecule has 0 radical (unpaired) electrons. The highest BCUT2D eigenvalue weighted by atomic mass is 32.2. The number of rotatable bonds is 6. The molecule has 0 saturated heterocycles. The Morgan fingerprint density at radius 2 is 1.77 bits per heavy atom. The second-order valence-corrected chi connectivity index (χ2v) is 7.77. The normalized spacial score (nSPS) is 12.3. The Labute approximate surface area is 132 Å². The zero-order chi connectivity index (χ0) is 16.3. The second kappa shape index (κ2) is 6.64. The number of furan rings is 1. The van der Waals surface area contributed by atoms with Crippen LogP contribution in [0.2, 0.25) is 0 Å². The first-order chi connectivity index (χ1) is 10.3. The van der Waals surface area contributed by atoms with E-state index in [9.17, 15) is 8.42 Å². The summed E-state index contributed by atoms with van der Waals surface area (Å²) in [4.78, 5) is 2.40. The maximum absolute atomic E-state index is 12.2. The monoisotopic (exact) mass is 322 g/mol. The molecule has 120 valence electrons. The Hall–Kier alpha value is -1.63. The molecule has 1 aromatic heterocycles. The van der Waals surface area contributed by atoms with E-state index < -0.39 is 10.0 Å². The highest BCUT2D eigenvalue weighted by Gasteiger charge is 2.17. The largest absolute Gasteiger partial charge is 0.465 e. The van der Waals surface area contributed by atoms with Crippen molar-refractivity contribution in [3.63, 3.8) is 0 Å². The van der Waals surface area contributed by atoms with Gasteiger partial charge in [0.2, 0.25) is 10.0 Å². The van der Waals surface area contributed by atoms with E-state index in [0.717, 1.165) is 17.1 Å². The van der Waals surface area contributed by atoms with Crippen LogP contribution in [0.15, 0.2) is 45.7 Å². The van der Waals surface area contributed by atoms with E-state index in [4.69, 9.17) is 4.42 Å². The molecule has 0 aliphatic carbocycles. The van der Waals surface area contributed by atoms with Crippen molar-refractivity contribution in [2.45, 2.75) is 24.9 Å². The number of sulfonamides is 1. The third-order valence-corrected chi connectivity index (χ3v) is 5.16. The Kier molecular flexibility index (Phi) is 5.05. The van der Waals surface area contributed by atoms with Crippen molar-refractivity contribution in [3.8, 4) is 0 Å². The smallest absolute Gasteiger partial charge is 0.242 e. The molecule has 5 nitrogen and oxygen atoms in total. The van der Waals surface area contributed by atoms with Crippen LogP contribution < -0.4 is 0 Å². The predicted octanol–water partition coefficient (Wildman–Crippen LogP) is 2.47. The summed E-state index contributed by atoms with van der Waals surface area (Å²) in [6, 6.07) is 10.9. The maximum atomic E-state index is 12.2. The van der Waals surface area contributed by atoms with E-state index in [2.05, 4.69) is 4.90 Å². The first-order valence-electron chi connectivity index (χ1n) is 7.04. The molecule has 1 aromatic carbocycles. The van der Waals surface area contributed by atoms with Gasteiger partial charge in [0.15, 0.2) is 0 Å². The molecule has 0 bridgehead atoms. The lowest BCUT2D eigenvalue weighted by Gasteiger charge is -2.17. The zero-order valence-corrected chi connectivity index (χ0v) is 14.2. The molecule has 0 saturated carbocycles. The Morgan fingerprint density at radius 3 is 2.36 bits per heavy atom. The van der Waals surface area contributed by atoms with Crippen molar-refractivity contribution >= 4 is 10.0 Å². The summed E-state index contributed by atoms with van der Waals surface area (Å²) in [6.07, 6.45) is 0. The number of nitrogens with zero attached hydrogens (tertiary/aromatic N) is 2. The molecule has 6 heteroatoms. The van der Waals surface area contributed by atoms with Gasteiger partial charge in [0.25, 0.3) is 0 Å². The van der Waals surface area contributed by atoms with Gasteiger partial charge in [-0.05, 0) is 43.8 Å². The fraction of sp³-hybridized carbons (Fsp3) is 0.375. The van der Waals surface area contributed by atoms with Crippen LogP contribution in [0, 0.1) is 6.92 Å². The fourth-order valence-corrected chi connectivity index (χ4v) is 3.19.